The van der Waals surface area contributed by atoms with Crippen LogP contribution in [0, 0.1) is 0 Å². The molecule has 0 bridgehead atoms. The van der Waals surface area contributed by atoms with Crippen LogP contribution in [0.15, 0.2) is 54.6 Å². The molecule has 0 radical (unpaired) electrons. The highest BCUT2D eigenvalue weighted by molar-refractivity contribution is 5.33. The maximum absolute atomic E-state index is 10.3. The van der Waals surface area contributed by atoms with Gasteiger partial charge in [0, 0.05) is 32.3 Å². The summed E-state index contributed by atoms with van der Waals surface area (Å²) in [6, 6.07) is 17.4. The number of rotatable bonds is 11. The average molecular weight is 345 g/mol. The van der Waals surface area contributed by atoms with Gasteiger partial charge < -0.3 is 19.3 Å². The molecule has 0 heterocycles. The van der Waals surface area contributed by atoms with Gasteiger partial charge in [-0.25, -0.2) is 0 Å². The van der Waals surface area contributed by atoms with Gasteiger partial charge in [-0.2, -0.15) is 0 Å². The highest BCUT2D eigenvalue weighted by Gasteiger charge is 2.15. The number of benzene rings is 2. The Balaban J connectivity index is 1.92. The molecule has 0 aliphatic heterocycles. The summed E-state index contributed by atoms with van der Waals surface area (Å²) in [4.78, 5) is 2.14. The Morgan fingerprint density at radius 2 is 1.72 bits per heavy atom. The van der Waals surface area contributed by atoms with E-state index in [0.717, 1.165) is 23.6 Å². The normalized spacial score (nSPS) is 12.2. The zero-order valence-corrected chi connectivity index (χ0v) is 14.9. The third kappa shape index (κ3) is 6.74. The molecule has 1 N–H and O–H groups in total. The lowest BCUT2D eigenvalue weighted by Crippen LogP contribution is -2.37. The quantitative estimate of drug-likeness (QED) is 0.678. The van der Waals surface area contributed by atoms with Gasteiger partial charge in [-0.1, -0.05) is 36.4 Å². The summed E-state index contributed by atoms with van der Waals surface area (Å²) in [5.41, 5.74) is 1.08. The molecule has 0 fully saturated rings. The monoisotopic (exact) mass is 345 g/mol. The van der Waals surface area contributed by atoms with E-state index < -0.39 is 6.10 Å². The molecule has 136 valence electrons. The van der Waals surface area contributed by atoms with E-state index in [4.69, 9.17) is 14.2 Å². The fraction of sp³-hybridized carbons (Fsp3) is 0.400. The van der Waals surface area contributed by atoms with E-state index in [1.54, 1.807) is 14.2 Å². The van der Waals surface area contributed by atoms with Gasteiger partial charge >= 0.3 is 0 Å². The molecule has 1 atom stereocenters. The summed E-state index contributed by atoms with van der Waals surface area (Å²) in [5, 5.41) is 10.3. The maximum Gasteiger partial charge on any atom is 0.123 e. The maximum atomic E-state index is 10.3. The molecule has 5 nitrogen and oxygen atoms in total. The zero-order valence-electron chi connectivity index (χ0n) is 14.9. The van der Waals surface area contributed by atoms with Gasteiger partial charge in [0.15, 0.2) is 0 Å². The minimum atomic E-state index is -0.591. The molecule has 0 saturated heterocycles. The molecular weight excluding hydrogens is 318 g/mol. The summed E-state index contributed by atoms with van der Waals surface area (Å²) in [7, 11) is 3.34. The molecule has 25 heavy (non-hydrogen) atoms. The molecule has 0 amide bonds. The fourth-order valence-corrected chi connectivity index (χ4v) is 2.59. The Labute approximate surface area is 149 Å². The third-order valence-corrected chi connectivity index (χ3v) is 3.85. The van der Waals surface area contributed by atoms with Crippen LogP contribution in [0.5, 0.6) is 11.5 Å². The van der Waals surface area contributed by atoms with Crippen molar-refractivity contribution in [3.8, 4) is 11.5 Å². The number of ether oxygens (including phenoxy) is 3. The van der Waals surface area contributed by atoms with Crippen molar-refractivity contribution in [1.29, 1.82) is 0 Å². The van der Waals surface area contributed by atoms with Gasteiger partial charge in [-0.05, 0) is 18.2 Å². The Hall–Kier alpha value is -2.08. The predicted molar refractivity (Wildman–Crippen MR) is 98.1 cm³/mol. The lowest BCUT2D eigenvalue weighted by atomic mass is 10.1. The van der Waals surface area contributed by atoms with Crippen LogP contribution >= 0.6 is 0 Å². The average Bonchev–Trinajstić information content (AvgIpc) is 2.65. The van der Waals surface area contributed by atoms with E-state index >= 15 is 0 Å². The molecule has 0 aliphatic rings. The van der Waals surface area contributed by atoms with Crippen molar-refractivity contribution in [3.05, 3.63) is 60.2 Å². The molecule has 2 aromatic carbocycles. The van der Waals surface area contributed by atoms with Gasteiger partial charge in [-0.3, -0.25) is 4.90 Å². The zero-order chi connectivity index (χ0) is 17.9. The largest absolute Gasteiger partial charge is 0.496 e. The van der Waals surface area contributed by atoms with E-state index in [9.17, 15) is 5.11 Å². The molecule has 2 rings (SSSR count). The van der Waals surface area contributed by atoms with Crippen LogP contribution in [0.1, 0.15) is 5.56 Å². The highest BCUT2D eigenvalue weighted by atomic mass is 16.5. The van der Waals surface area contributed by atoms with Crippen LogP contribution in [0.2, 0.25) is 0 Å². The summed E-state index contributed by atoms with van der Waals surface area (Å²) in [6.07, 6.45) is -0.591. The molecule has 2 aromatic rings. The van der Waals surface area contributed by atoms with Crippen molar-refractivity contribution in [1.82, 2.24) is 4.90 Å². The van der Waals surface area contributed by atoms with E-state index in [1.165, 1.54) is 0 Å². The van der Waals surface area contributed by atoms with Crippen molar-refractivity contribution < 1.29 is 19.3 Å². The van der Waals surface area contributed by atoms with Crippen LogP contribution < -0.4 is 9.47 Å². The minimum absolute atomic E-state index is 0.249. The second-order valence-corrected chi connectivity index (χ2v) is 5.82. The van der Waals surface area contributed by atoms with Crippen molar-refractivity contribution in [2.45, 2.75) is 12.6 Å². The van der Waals surface area contributed by atoms with Gasteiger partial charge in [0.2, 0.25) is 0 Å². The van der Waals surface area contributed by atoms with Gasteiger partial charge in [0.1, 0.15) is 24.2 Å². The van der Waals surface area contributed by atoms with Crippen LogP contribution in [-0.2, 0) is 11.3 Å². The number of aliphatic hydroxyl groups is 1. The van der Waals surface area contributed by atoms with Crippen LogP contribution in [0.25, 0.3) is 0 Å². The fourth-order valence-electron chi connectivity index (χ4n) is 2.59. The van der Waals surface area contributed by atoms with E-state index in [0.29, 0.717) is 19.7 Å². The number of para-hydroxylation sites is 2. The van der Waals surface area contributed by atoms with E-state index in [1.807, 2.05) is 54.6 Å². The molecule has 0 spiro atoms. The number of methoxy groups -OCH3 is 2. The lowest BCUT2D eigenvalue weighted by Gasteiger charge is -2.25. The first-order valence-electron chi connectivity index (χ1n) is 8.42. The van der Waals surface area contributed by atoms with Crippen LogP contribution in [0.3, 0.4) is 0 Å². The summed E-state index contributed by atoms with van der Waals surface area (Å²) >= 11 is 0. The van der Waals surface area contributed by atoms with Crippen LogP contribution in [-0.4, -0.2) is 56.6 Å². The second-order valence-electron chi connectivity index (χ2n) is 5.82. The van der Waals surface area contributed by atoms with Gasteiger partial charge in [0.05, 0.1) is 13.7 Å². The Bertz CT molecular complexity index is 606. The minimum Gasteiger partial charge on any atom is -0.496 e. The molecule has 0 aliphatic carbocycles. The smallest absolute Gasteiger partial charge is 0.123 e. The predicted octanol–water partition coefficient (Wildman–Crippen LogP) is 2.58. The number of hydrogen-bond acceptors (Lipinski definition) is 5. The SMILES string of the molecule is COCCN(Cc1ccccc1OC)C[C@@H](O)COc1ccccc1. The summed E-state index contributed by atoms with van der Waals surface area (Å²) in [5.74, 6) is 1.61. The van der Waals surface area contributed by atoms with Crippen molar-refractivity contribution >= 4 is 0 Å². The first-order chi connectivity index (χ1) is 12.2. The molecule has 0 aromatic heterocycles. The standard InChI is InChI=1S/C20H27NO4/c1-23-13-12-21(14-17-8-6-7-11-20(17)24-2)15-18(22)16-25-19-9-4-3-5-10-19/h3-11,18,22H,12-16H2,1-2H3/t18-/m1/s1. The van der Waals surface area contributed by atoms with Crippen molar-refractivity contribution in [2.75, 3.05) is 40.5 Å². The van der Waals surface area contributed by atoms with Gasteiger partial charge in [0.25, 0.3) is 0 Å². The molecule has 0 saturated carbocycles. The van der Waals surface area contributed by atoms with Crippen molar-refractivity contribution in [3.63, 3.8) is 0 Å². The Morgan fingerprint density at radius 1 is 1.00 bits per heavy atom. The topological polar surface area (TPSA) is 51.2 Å². The molecule has 0 unspecified atom stereocenters. The Morgan fingerprint density at radius 3 is 2.44 bits per heavy atom. The number of hydrogen-bond donors (Lipinski definition) is 1. The van der Waals surface area contributed by atoms with Crippen molar-refractivity contribution in [2.24, 2.45) is 0 Å². The number of aliphatic hydroxyl groups excluding tert-OH is 1. The number of nitrogens with zero attached hydrogens (tertiary/aromatic N) is 1. The molecular formula is C20H27NO4. The third-order valence-electron chi connectivity index (χ3n) is 3.85. The van der Waals surface area contributed by atoms with E-state index in [2.05, 4.69) is 4.90 Å². The van der Waals surface area contributed by atoms with Crippen LogP contribution in [0.4, 0.5) is 0 Å². The first kappa shape index (κ1) is 19.2. The lowest BCUT2D eigenvalue weighted by molar-refractivity contribution is 0.0539. The molecule has 5 heteroatoms. The summed E-state index contributed by atoms with van der Waals surface area (Å²) in [6.45, 7) is 2.74. The Kier molecular flexibility index (Phi) is 8.25. The first-order valence-corrected chi connectivity index (χ1v) is 8.42. The summed E-state index contributed by atoms with van der Waals surface area (Å²) < 4.78 is 16.2. The second kappa shape index (κ2) is 10.7. The highest BCUT2D eigenvalue weighted by Crippen LogP contribution is 2.19. The van der Waals surface area contributed by atoms with Gasteiger partial charge in [-0.15, -0.1) is 0 Å². The van der Waals surface area contributed by atoms with E-state index in [-0.39, 0.29) is 6.61 Å².